The number of benzene rings is 1. The van der Waals surface area contributed by atoms with Gasteiger partial charge in [-0.25, -0.2) is 4.79 Å². The molecule has 1 aromatic heterocycles. The van der Waals surface area contributed by atoms with E-state index >= 15 is 0 Å². The molecule has 1 aliphatic heterocycles. The summed E-state index contributed by atoms with van der Waals surface area (Å²) in [5.74, 6) is 0.0298. The van der Waals surface area contributed by atoms with Crippen LogP contribution in [0.25, 0.3) is 10.9 Å². The van der Waals surface area contributed by atoms with Gasteiger partial charge in [-0.1, -0.05) is 0 Å². The molecule has 2 heterocycles. The molecule has 100 valence electrons. The molecular formula is C13H15N3O3. The molecule has 6 nitrogen and oxygen atoms in total. The van der Waals surface area contributed by atoms with Crippen molar-refractivity contribution in [2.24, 2.45) is 0 Å². The number of phenols is 1. The van der Waals surface area contributed by atoms with Crippen LogP contribution in [0.5, 0.6) is 5.75 Å². The van der Waals surface area contributed by atoms with E-state index in [1.807, 2.05) is 0 Å². The van der Waals surface area contributed by atoms with E-state index in [-0.39, 0.29) is 17.4 Å². The van der Waals surface area contributed by atoms with Gasteiger partial charge in [-0.05, 0) is 38.1 Å². The smallest absolute Gasteiger partial charge is 0.329 e. The van der Waals surface area contributed by atoms with Gasteiger partial charge in [-0.15, -0.1) is 0 Å². The predicted molar refractivity (Wildman–Crippen MR) is 71.6 cm³/mol. The molecule has 0 atom stereocenters. The first-order valence-electron chi connectivity index (χ1n) is 6.35. The topological polar surface area (TPSA) is 87.1 Å². The van der Waals surface area contributed by atoms with Crippen molar-refractivity contribution in [1.29, 1.82) is 0 Å². The highest BCUT2D eigenvalue weighted by Crippen LogP contribution is 2.17. The zero-order valence-electron chi connectivity index (χ0n) is 10.3. The Morgan fingerprint density at radius 1 is 1.21 bits per heavy atom. The first-order valence-corrected chi connectivity index (χ1v) is 6.35. The number of fused-ring (bicyclic) bond motifs is 1. The molecule has 6 heteroatoms. The second kappa shape index (κ2) is 4.55. The van der Waals surface area contributed by atoms with Crippen LogP contribution < -0.4 is 16.6 Å². The molecule has 1 fully saturated rings. The number of nitrogens with zero attached hydrogens (tertiary/aromatic N) is 1. The molecule has 0 amide bonds. The molecule has 1 aromatic carbocycles. The second-order valence-electron chi connectivity index (χ2n) is 4.82. The monoisotopic (exact) mass is 261 g/mol. The van der Waals surface area contributed by atoms with Crippen molar-refractivity contribution < 1.29 is 5.11 Å². The molecule has 0 unspecified atom stereocenters. The molecule has 1 saturated heterocycles. The van der Waals surface area contributed by atoms with Crippen LogP contribution in [0.4, 0.5) is 0 Å². The first kappa shape index (κ1) is 12.0. The van der Waals surface area contributed by atoms with Crippen molar-refractivity contribution in [2.75, 3.05) is 13.1 Å². The highest BCUT2D eigenvalue weighted by atomic mass is 16.3. The Kier molecular flexibility index (Phi) is 2.87. The number of aromatic hydroxyl groups is 1. The van der Waals surface area contributed by atoms with E-state index in [0.717, 1.165) is 25.9 Å². The lowest BCUT2D eigenvalue weighted by molar-refractivity contribution is 0.352. The van der Waals surface area contributed by atoms with Gasteiger partial charge in [0.05, 0.1) is 10.9 Å². The van der Waals surface area contributed by atoms with Gasteiger partial charge in [-0.3, -0.25) is 9.36 Å². The van der Waals surface area contributed by atoms with Crippen molar-refractivity contribution in [1.82, 2.24) is 14.9 Å². The summed E-state index contributed by atoms with van der Waals surface area (Å²) < 4.78 is 1.31. The first-order chi connectivity index (χ1) is 9.16. The highest BCUT2D eigenvalue weighted by molar-refractivity contribution is 5.78. The van der Waals surface area contributed by atoms with Gasteiger partial charge in [-0.2, -0.15) is 0 Å². The maximum absolute atomic E-state index is 12.4. The van der Waals surface area contributed by atoms with E-state index in [1.54, 1.807) is 6.07 Å². The van der Waals surface area contributed by atoms with Crippen molar-refractivity contribution in [3.05, 3.63) is 39.0 Å². The van der Waals surface area contributed by atoms with Crippen LogP contribution in [0.2, 0.25) is 0 Å². The van der Waals surface area contributed by atoms with Gasteiger partial charge in [0.15, 0.2) is 0 Å². The molecule has 1 aliphatic rings. The normalized spacial score (nSPS) is 16.8. The van der Waals surface area contributed by atoms with Gasteiger partial charge < -0.3 is 15.4 Å². The van der Waals surface area contributed by atoms with Crippen molar-refractivity contribution >= 4 is 10.9 Å². The standard InChI is InChI=1S/C13H15N3O3/c17-9-1-2-10-11(7-9)15-13(19)16(12(10)18)8-3-5-14-6-4-8/h1-2,7-8,14,17H,3-6H2,(H,15,19). The van der Waals surface area contributed by atoms with E-state index in [1.165, 1.54) is 16.7 Å². The summed E-state index contributed by atoms with van der Waals surface area (Å²) in [6, 6.07) is 4.33. The predicted octanol–water partition coefficient (Wildman–Crippen LogP) is 0.320. The van der Waals surface area contributed by atoms with Gasteiger partial charge in [0.1, 0.15) is 5.75 Å². The van der Waals surface area contributed by atoms with Crippen LogP contribution in [0.1, 0.15) is 18.9 Å². The highest BCUT2D eigenvalue weighted by Gasteiger charge is 2.19. The van der Waals surface area contributed by atoms with Crippen LogP contribution in [0.3, 0.4) is 0 Å². The Labute approximate surface area is 108 Å². The largest absolute Gasteiger partial charge is 0.508 e. The number of rotatable bonds is 1. The fraction of sp³-hybridized carbons (Fsp3) is 0.385. The van der Waals surface area contributed by atoms with Crippen LogP contribution in [-0.2, 0) is 0 Å². The van der Waals surface area contributed by atoms with Gasteiger partial charge in [0, 0.05) is 12.1 Å². The van der Waals surface area contributed by atoms with Crippen LogP contribution >= 0.6 is 0 Å². The molecule has 2 aromatic rings. The van der Waals surface area contributed by atoms with Crippen LogP contribution in [0.15, 0.2) is 27.8 Å². The Bertz CT molecular complexity index is 726. The van der Waals surface area contributed by atoms with Crippen molar-refractivity contribution in [3.63, 3.8) is 0 Å². The number of aromatic nitrogens is 2. The summed E-state index contributed by atoms with van der Waals surface area (Å²) in [6.45, 7) is 1.62. The number of nitrogens with one attached hydrogen (secondary N) is 2. The average Bonchev–Trinajstić information content (AvgIpc) is 2.39. The molecule has 0 bridgehead atoms. The summed E-state index contributed by atoms with van der Waals surface area (Å²) in [5.41, 5.74) is -0.319. The van der Waals surface area contributed by atoms with E-state index in [0.29, 0.717) is 10.9 Å². The zero-order chi connectivity index (χ0) is 13.4. The van der Waals surface area contributed by atoms with Crippen molar-refractivity contribution in [2.45, 2.75) is 18.9 Å². The number of phenolic OH excluding ortho intramolecular Hbond substituents is 1. The average molecular weight is 261 g/mol. The van der Waals surface area contributed by atoms with Gasteiger partial charge >= 0.3 is 5.69 Å². The zero-order valence-corrected chi connectivity index (χ0v) is 10.3. The molecule has 3 rings (SSSR count). The van der Waals surface area contributed by atoms with E-state index in [9.17, 15) is 14.7 Å². The lowest BCUT2D eigenvalue weighted by atomic mass is 10.1. The summed E-state index contributed by atoms with van der Waals surface area (Å²) in [7, 11) is 0. The minimum atomic E-state index is -0.407. The molecule has 19 heavy (non-hydrogen) atoms. The maximum atomic E-state index is 12.4. The number of aromatic amines is 1. The third kappa shape index (κ3) is 2.04. The molecular weight excluding hydrogens is 246 g/mol. The van der Waals surface area contributed by atoms with Crippen LogP contribution in [-0.4, -0.2) is 27.7 Å². The minimum Gasteiger partial charge on any atom is -0.508 e. The summed E-state index contributed by atoms with van der Waals surface area (Å²) in [4.78, 5) is 27.1. The lowest BCUT2D eigenvalue weighted by Gasteiger charge is -2.23. The molecule has 0 spiro atoms. The molecule has 0 saturated carbocycles. The number of H-pyrrole nitrogens is 1. The Balaban J connectivity index is 2.22. The van der Waals surface area contributed by atoms with E-state index < -0.39 is 5.69 Å². The number of hydrogen-bond donors (Lipinski definition) is 3. The SMILES string of the molecule is O=c1[nH]c2cc(O)ccc2c(=O)n1C1CCNCC1. The second-order valence-corrected chi connectivity index (χ2v) is 4.82. The Morgan fingerprint density at radius 3 is 2.68 bits per heavy atom. The molecule has 3 N–H and O–H groups in total. The van der Waals surface area contributed by atoms with Gasteiger partial charge in [0.25, 0.3) is 5.56 Å². The third-order valence-electron chi connectivity index (χ3n) is 3.59. The third-order valence-corrected chi connectivity index (χ3v) is 3.59. The molecule has 0 aliphatic carbocycles. The summed E-state index contributed by atoms with van der Waals surface area (Å²) in [6.07, 6.45) is 1.54. The maximum Gasteiger partial charge on any atom is 0.329 e. The fourth-order valence-electron chi connectivity index (χ4n) is 2.62. The Hall–Kier alpha value is -2.08. The molecule has 0 radical (unpaired) electrons. The van der Waals surface area contributed by atoms with Gasteiger partial charge in [0.2, 0.25) is 0 Å². The number of hydrogen-bond acceptors (Lipinski definition) is 4. The lowest BCUT2D eigenvalue weighted by Crippen LogP contribution is -2.42. The minimum absolute atomic E-state index is 0.0298. The number of piperidine rings is 1. The summed E-state index contributed by atoms with van der Waals surface area (Å²) in [5, 5.41) is 13.0. The van der Waals surface area contributed by atoms with Crippen molar-refractivity contribution in [3.8, 4) is 5.75 Å². The van der Waals surface area contributed by atoms with E-state index in [4.69, 9.17) is 0 Å². The van der Waals surface area contributed by atoms with Crippen LogP contribution in [0, 0.1) is 0 Å². The summed E-state index contributed by atoms with van der Waals surface area (Å²) >= 11 is 0. The van der Waals surface area contributed by atoms with E-state index in [2.05, 4.69) is 10.3 Å². The fourth-order valence-corrected chi connectivity index (χ4v) is 2.62. The quantitative estimate of drug-likeness (QED) is 0.690. The Morgan fingerprint density at radius 2 is 1.95 bits per heavy atom.